The van der Waals surface area contributed by atoms with E-state index in [1.165, 1.54) is 0 Å². The zero-order valence-corrected chi connectivity index (χ0v) is 15.7. The second-order valence-electron chi connectivity index (χ2n) is 6.22. The third kappa shape index (κ3) is 3.37. The van der Waals surface area contributed by atoms with Crippen molar-refractivity contribution < 1.29 is 4.79 Å². The van der Waals surface area contributed by atoms with Gasteiger partial charge >= 0.3 is 0 Å². The highest BCUT2D eigenvalue weighted by Crippen LogP contribution is 2.27. The fourth-order valence-electron chi connectivity index (χ4n) is 2.87. The van der Waals surface area contributed by atoms with E-state index in [1.54, 1.807) is 23.2 Å². The maximum Gasteiger partial charge on any atom is 0.275 e. The largest absolute Gasteiger partial charge is 0.352 e. The zero-order chi connectivity index (χ0) is 18.0. The van der Waals surface area contributed by atoms with Gasteiger partial charge in [0.25, 0.3) is 5.91 Å². The molecule has 0 spiro atoms. The predicted octanol–water partition coefficient (Wildman–Crippen LogP) is 2.52. The summed E-state index contributed by atoms with van der Waals surface area (Å²) in [5, 5.41) is 16.3. The third-order valence-electron chi connectivity index (χ3n) is 4.29. The lowest BCUT2D eigenvalue weighted by Crippen LogP contribution is -2.49. The quantitative estimate of drug-likeness (QED) is 0.851. The monoisotopic (exact) mass is 402 g/mol. The Hall–Kier alpha value is -2.40. The minimum atomic E-state index is -0.0868. The van der Waals surface area contributed by atoms with Crippen LogP contribution in [0, 0.1) is 11.3 Å². The van der Waals surface area contributed by atoms with Gasteiger partial charge in [0, 0.05) is 32.4 Å². The first kappa shape index (κ1) is 17.4. The highest BCUT2D eigenvalue weighted by atomic mass is 79.9. The average molecular weight is 403 g/mol. The van der Waals surface area contributed by atoms with Gasteiger partial charge < -0.3 is 9.80 Å². The van der Waals surface area contributed by atoms with Gasteiger partial charge in [-0.1, -0.05) is 13.8 Å². The fraction of sp³-hybridized carbons (Fsp3) is 0.412. The molecule has 1 aliphatic rings. The standard InChI is InChI=1S/C17H19BrN6O/c1-11(2)14-13(18)15(22-21-14)17(25)24-8-6-23(7-9-24)16-12(10-19)4-3-5-20-16/h3-5,11H,6-9H2,1-2H3,(H,21,22). The molecule has 2 aromatic rings. The molecule has 0 aromatic carbocycles. The van der Waals surface area contributed by atoms with Gasteiger partial charge in [0.1, 0.15) is 11.9 Å². The van der Waals surface area contributed by atoms with Gasteiger partial charge in [-0.3, -0.25) is 9.89 Å². The van der Waals surface area contributed by atoms with Crippen molar-refractivity contribution in [2.45, 2.75) is 19.8 Å². The molecule has 0 unspecified atom stereocenters. The summed E-state index contributed by atoms with van der Waals surface area (Å²) >= 11 is 3.49. The Bertz CT molecular complexity index is 817. The van der Waals surface area contributed by atoms with Crippen LogP contribution in [-0.4, -0.2) is 52.2 Å². The lowest BCUT2D eigenvalue weighted by molar-refractivity contribution is 0.0739. The van der Waals surface area contributed by atoms with Gasteiger partial charge in [-0.2, -0.15) is 10.4 Å². The van der Waals surface area contributed by atoms with E-state index in [9.17, 15) is 10.1 Å². The van der Waals surface area contributed by atoms with Gasteiger partial charge in [-0.15, -0.1) is 0 Å². The molecule has 0 saturated carbocycles. The van der Waals surface area contributed by atoms with E-state index in [-0.39, 0.29) is 11.8 Å². The Morgan fingerprint density at radius 2 is 2.08 bits per heavy atom. The topological polar surface area (TPSA) is 88.9 Å². The van der Waals surface area contributed by atoms with Crippen LogP contribution in [0.1, 0.15) is 41.5 Å². The van der Waals surface area contributed by atoms with E-state index in [2.05, 4.69) is 37.2 Å². The molecule has 0 aliphatic carbocycles. The van der Waals surface area contributed by atoms with Crippen LogP contribution in [0.3, 0.4) is 0 Å². The maximum absolute atomic E-state index is 12.7. The summed E-state index contributed by atoms with van der Waals surface area (Å²) in [5.74, 6) is 0.852. The van der Waals surface area contributed by atoms with Crippen LogP contribution >= 0.6 is 15.9 Å². The minimum Gasteiger partial charge on any atom is -0.352 e. The molecule has 1 N–H and O–H groups in total. The Morgan fingerprint density at radius 3 is 2.68 bits per heavy atom. The number of carbonyl (C=O) groups excluding carboxylic acids is 1. The molecule has 0 radical (unpaired) electrons. The van der Waals surface area contributed by atoms with Crippen molar-refractivity contribution >= 4 is 27.7 Å². The fourth-order valence-corrected chi connectivity index (χ4v) is 3.68. The molecule has 2 aromatic heterocycles. The number of aromatic nitrogens is 3. The van der Waals surface area contributed by atoms with Crippen molar-refractivity contribution in [3.8, 4) is 6.07 Å². The van der Waals surface area contributed by atoms with E-state index in [1.807, 2.05) is 18.7 Å². The van der Waals surface area contributed by atoms with Gasteiger partial charge in [0.2, 0.25) is 0 Å². The number of piperazine rings is 1. The molecule has 3 rings (SSSR count). The number of pyridine rings is 1. The van der Waals surface area contributed by atoms with Gasteiger partial charge in [0.15, 0.2) is 5.69 Å². The summed E-state index contributed by atoms with van der Waals surface area (Å²) in [4.78, 5) is 20.9. The summed E-state index contributed by atoms with van der Waals surface area (Å²) in [7, 11) is 0. The number of nitrogens with zero attached hydrogens (tertiary/aromatic N) is 5. The number of halogens is 1. The summed E-state index contributed by atoms with van der Waals surface area (Å²) in [6.45, 7) is 6.50. The first-order chi connectivity index (χ1) is 12.0. The molecule has 1 aliphatic heterocycles. The highest BCUT2D eigenvalue weighted by molar-refractivity contribution is 9.10. The van der Waals surface area contributed by atoms with Crippen LogP contribution in [0.5, 0.6) is 0 Å². The number of anilines is 1. The average Bonchev–Trinajstić information content (AvgIpc) is 3.03. The number of carbonyl (C=O) groups is 1. The van der Waals surface area contributed by atoms with Crippen molar-refractivity contribution in [2.75, 3.05) is 31.1 Å². The number of nitrogens with one attached hydrogen (secondary N) is 1. The van der Waals surface area contributed by atoms with Crippen molar-refractivity contribution in [3.63, 3.8) is 0 Å². The zero-order valence-electron chi connectivity index (χ0n) is 14.2. The van der Waals surface area contributed by atoms with Crippen LogP contribution in [0.25, 0.3) is 0 Å². The number of H-pyrrole nitrogens is 1. The van der Waals surface area contributed by atoms with Crippen molar-refractivity contribution in [1.82, 2.24) is 20.1 Å². The van der Waals surface area contributed by atoms with Gasteiger partial charge in [-0.25, -0.2) is 4.98 Å². The number of nitriles is 1. The Morgan fingerprint density at radius 1 is 1.36 bits per heavy atom. The summed E-state index contributed by atoms with van der Waals surface area (Å²) in [6.07, 6.45) is 1.68. The van der Waals surface area contributed by atoms with E-state index in [0.717, 1.165) is 10.2 Å². The number of hydrogen-bond acceptors (Lipinski definition) is 5. The van der Waals surface area contributed by atoms with Crippen molar-refractivity contribution in [1.29, 1.82) is 5.26 Å². The van der Waals surface area contributed by atoms with Crippen molar-refractivity contribution in [2.24, 2.45) is 0 Å². The molecule has 7 nitrogen and oxygen atoms in total. The first-order valence-corrected chi connectivity index (χ1v) is 8.95. The summed E-state index contributed by atoms with van der Waals surface area (Å²) in [5.41, 5.74) is 1.90. The molecule has 1 saturated heterocycles. The first-order valence-electron chi connectivity index (χ1n) is 8.16. The summed E-state index contributed by atoms with van der Waals surface area (Å²) in [6, 6.07) is 5.68. The second kappa shape index (κ2) is 7.23. The molecule has 1 amide bonds. The lowest BCUT2D eigenvalue weighted by atomic mass is 10.1. The second-order valence-corrected chi connectivity index (χ2v) is 7.01. The number of rotatable bonds is 3. The van der Waals surface area contributed by atoms with Crippen LogP contribution in [-0.2, 0) is 0 Å². The van der Waals surface area contributed by atoms with Crippen LogP contribution < -0.4 is 4.90 Å². The summed E-state index contributed by atoms with van der Waals surface area (Å²) < 4.78 is 0.742. The van der Waals surface area contributed by atoms with E-state index in [0.29, 0.717) is 43.3 Å². The van der Waals surface area contributed by atoms with E-state index < -0.39 is 0 Å². The molecule has 25 heavy (non-hydrogen) atoms. The van der Waals surface area contributed by atoms with Crippen LogP contribution in [0.15, 0.2) is 22.8 Å². The molecule has 0 bridgehead atoms. The molecule has 3 heterocycles. The lowest BCUT2D eigenvalue weighted by Gasteiger charge is -2.35. The minimum absolute atomic E-state index is 0.0868. The smallest absolute Gasteiger partial charge is 0.275 e. The molecule has 8 heteroatoms. The number of aromatic amines is 1. The molecule has 1 fully saturated rings. The molecular weight excluding hydrogens is 384 g/mol. The third-order valence-corrected chi connectivity index (χ3v) is 5.09. The van der Waals surface area contributed by atoms with Crippen molar-refractivity contribution in [3.05, 3.63) is 39.8 Å². The molecular formula is C17H19BrN6O. The van der Waals surface area contributed by atoms with Gasteiger partial charge in [0.05, 0.1) is 15.7 Å². The van der Waals surface area contributed by atoms with E-state index >= 15 is 0 Å². The normalized spacial score (nSPS) is 14.7. The number of amides is 1. The highest BCUT2D eigenvalue weighted by Gasteiger charge is 2.28. The van der Waals surface area contributed by atoms with Gasteiger partial charge in [-0.05, 0) is 34.0 Å². The molecule has 0 atom stereocenters. The number of hydrogen-bond donors (Lipinski definition) is 1. The Labute approximate surface area is 154 Å². The van der Waals surface area contributed by atoms with Crippen LogP contribution in [0.2, 0.25) is 0 Å². The van der Waals surface area contributed by atoms with Crippen LogP contribution in [0.4, 0.5) is 5.82 Å². The predicted molar refractivity (Wildman–Crippen MR) is 97.4 cm³/mol. The Balaban J connectivity index is 1.70. The SMILES string of the molecule is CC(C)c1[nH]nc(C(=O)N2CCN(c3ncccc3C#N)CC2)c1Br. The Kier molecular flexibility index (Phi) is 5.04. The van der Waals surface area contributed by atoms with E-state index in [4.69, 9.17) is 0 Å². The molecule has 130 valence electrons. The maximum atomic E-state index is 12.7.